The van der Waals surface area contributed by atoms with E-state index in [1.54, 1.807) is 0 Å². The van der Waals surface area contributed by atoms with Gasteiger partial charge >= 0.3 is 5.97 Å². The largest absolute Gasteiger partial charge is 0.478 e. The number of nitrogens with one attached hydrogen (secondary N) is 1. The van der Waals surface area contributed by atoms with Gasteiger partial charge in [0.2, 0.25) is 5.82 Å². The molecular formula is C28H26N6O4. The Bertz CT molecular complexity index is 1600. The monoisotopic (exact) mass is 510 g/mol. The molecule has 0 atom stereocenters. The molecule has 0 aliphatic carbocycles. The van der Waals surface area contributed by atoms with Crippen molar-refractivity contribution in [2.24, 2.45) is 0 Å². The quantitative estimate of drug-likeness (QED) is 0.282. The van der Waals surface area contributed by atoms with E-state index in [-0.39, 0.29) is 23.4 Å². The number of hydrogen-bond acceptors (Lipinski definition) is 7. The first-order valence-electron chi connectivity index (χ1n) is 12.3. The van der Waals surface area contributed by atoms with Crippen LogP contribution in [0.25, 0.3) is 22.5 Å². The Morgan fingerprint density at radius 1 is 1.08 bits per heavy atom. The van der Waals surface area contributed by atoms with Crippen LogP contribution in [0.15, 0.2) is 76.4 Å². The lowest BCUT2D eigenvalue weighted by atomic mass is 9.96. The van der Waals surface area contributed by atoms with Crippen molar-refractivity contribution in [1.29, 1.82) is 0 Å². The molecule has 0 fully saturated rings. The summed E-state index contributed by atoms with van der Waals surface area (Å²) in [5, 5.41) is 23.8. The maximum atomic E-state index is 13.5. The maximum absolute atomic E-state index is 13.5. The number of aromatic amines is 1. The highest BCUT2D eigenvalue weighted by atomic mass is 16.4. The molecule has 0 amide bonds. The van der Waals surface area contributed by atoms with Gasteiger partial charge in [-0.2, -0.15) is 5.21 Å². The Balaban J connectivity index is 1.45. The van der Waals surface area contributed by atoms with Crippen molar-refractivity contribution in [1.82, 2.24) is 30.2 Å². The van der Waals surface area contributed by atoms with Gasteiger partial charge in [-0.1, -0.05) is 61.9 Å². The number of H-pyrrole nitrogens is 1. The first-order valence-corrected chi connectivity index (χ1v) is 12.3. The molecule has 0 aliphatic rings. The average Bonchev–Trinajstić information content (AvgIpc) is 3.64. The third kappa shape index (κ3) is 5.15. The van der Waals surface area contributed by atoms with E-state index in [1.807, 2.05) is 48.5 Å². The van der Waals surface area contributed by atoms with Gasteiger partial charge in [-0.25, -0.2) is 9.78 Å². The van der Waals surface area contributed by atoms with Gasteiger partial charge in [-0.15, -0.1) is 10.2 Å². The van der Waals surface area contributed by atoms with Gasteiger partial charge in [0.1, 0.15) is 11.3 Å². The third-order valence-electron chi connectivity index (χ3n) is 6.44. The summed E-state index contributed by atoms with van der Waals surface area (Å²) in [6, 6.07) is 17.2. The fraction of sp³-hybridized carbons (Fsp3) is 0.214. The number of aromatic nitrogens is 6. The lowest BCUT2D eigenvalue weighted by Gasteiger charge is -2.13. The smallest absolute Gasteiger partial charge is 0.339 e. The van der Waals surface area contributed by atoms with E-state index in [9.17, 15) is 14.7 Å². The number of unbranched alkanes of at least 4 members (excludes halogenated alkanes) is 1. The summed E-state index contributed by atoms with van der Waals surface area (Å²) in [6.07, 6.45) is 5.78. The number of carboxylic acids is 1. The van der Waals surface area contributed by atoms with Gasteiger partial charge in [-0.05, 0) is 40.8 Å². The number of carbonyl (C=O) groups is 1. The lowest BCUT2D eigenvalue weighted by Crippen LogP contribution is -2.27. The first-order chi connectivity index (χ1) is 18.5. The predicted molar refractivity (Wildman–Crippen MR) is 140 cm³/mol. The highest BCUT2D eigenvalue weighted by Gasteiger charge is 2.18. The zero-order valence-electron chi connectivity index (χ0n) is 20.8. The number of furan rings is 1. The molecule has 192 valence electrons. The lowest BCUT2D eigenvalue weighted by molar-refractivity contribution is 0.0694. The molecule has 38 heavy (non-hydrogen) atoms. The number of benzene rings is 2. The zero-order valence-corrected chi connectivity index (χ0v) is 20.8. The summed E-state index contributed by atoms with van der Waals surface area (Å²) >= 11 is 0. The van der Waals surface area contributed by atoms with Crippen molar-refractivity contribution in [2.45, 2.75) is 39.2 Å². The van der Waals surface area contributed by atoms with Crippen LogP contribution in [0, 0.1) is 0 Å². The molecule has 2 aromatic carbocycles. The molecular weight excluding hydrogens is 484 g/mol. The van der Waals surface area contributed by atoms with Gasteiger partial charge < -0.3 is 9.52 Å². The zero-order chi connectivity index (χ0) is 26.5. The molecule has 10 nitrogen and oxygen atoms in total. The van der Waals surface area contributed by atoms with E-state index in [2.05, 4.69) is 32.5 Å². The van der Waals surface area contributed by atoms with E-state index in [1.165, 1.54) is 23.2 Å². The van der Waals surface area contributed by atoms with E-state index < -0.39 is 5.97 Å². The summed E-state index contributed by atoms with van der Waals surface area (Å²) in [6.45, 7) is 2.09. The van der Waals surface area contributed by atoms with Crippen molar-refractivity contribution in [3.8, 4) is 22.5 Å². The molecule has 0 saturated carbocycles. The summed E-state index contributed by atoms with van der Waals surface area (Å²) < 4.78 is 6.75. The van der Waals surface area contributed by atoms with Crippen molar-refractivity contribution in [3.63, 3.8) is 0 Å². The molecule has 0 aliphatic heterocycles. The second-order valence-corrected chi connectivity index (χ2v) is 8.92. The first kappa shape index (κ1) is 24.8. The second-order valence-electron chi connectivity index (χ2n) is 8.92. The maximum Gasteiger partial charge on any atom is 0.339 e. The fourth-order valence-electron chi connectivity index (χ4n) is 4.44. The van der Waals surface area contributed by atoms with Crippen molar-refractivity contribution in [3.05, 3.63) is 106 Å². The third-order valence-corrected chi connectivity index (χ3v) is 6.44. The van der Waals surface area contributed by atoms with E-state index in [4.69, 9.17) is 4.42 Å². The van der Waals surface area contributed by atoms with Gasteiger partial charge in [0.05, 0.1) is 24.8 Å². The molecule has 0 saturated heterocycles. The standard InChI is InChI=1S/C28H26N6O4/c1-2-3-8-24-23(27(35)34(17-29-24)16-25-22(28(36)37)13-14-38-25)15-18-9-11-19(12-10-18)20-6-4-5-7-21(20)26-30-32-33-31-26/h4-7,9-14,17H,2-3,8,15-16H2,1H3,(H,36,37)(H,30,31,32,33). The van der Waals surface area contributed by atoms with Crippen molar-refractivity contribution >= 4 is 5.97 Å². The van der Waals surface area contributed by atoms with Crippen molar-refractivity contribution < 1.29 is 14.3 Å². The van der Waals surface area contributed by atoms with Crippen LogP contribution < -0.4 is 5.56 Å². The molecule has 3 heterocycles. The van der Waals surface area contributed by atoms with Crippen LogP contribution in [0.1, 0.15) is 52.7 Å². The molecule has 0 bridgehead atoms. The van der Waals surface area contributed by atoms with Gasteiger partial charge in [-0.3, -0.25) is 9.36 Å². The molecule has 0 unspecified atom stereocenters. The topological polar surface area (TPSA) is 140 Å². The average molecular weight is 511 g/mol. The van der Waals surface area contributed by atoms with Crippen LogP contribution in [0.3, 0.4) is 0 Å². The molecule has 0 spiro atoms. The highest BCUT2D eigenvalue weighted by molar-refractivity contribution is 5.88. The Kier molecular flexibility index (Phi) is 7.21. The SMILES string of the molecule is CCCCc1ncn(Cc2occc2C(=O)O)c(=O)c1Cc1ccc(-c2ccccc2-c2nn[nH]n2)cc1. The molecule has 3 aromatic heterocycles. The number of nitrogens with zero attached hydrogens (tertiary/aromatic N) is 5. The summed E-state index contributed by atoms with van der Waals surface area (Å²) in [7, 11) is 0. The highest BCUT2D eigenvalue weighted by Crippen LogP contribution is 2.30. The predicted octanol–water partition coefficient (Wildman–Crippen LogP) is 4.36. The van der Waals surface area contributed by atoms with Crippen LogP contribution >= 0.6 is 0 Å². The van der Waals surface area contributed by atoms with E-state index >= 15 is 0 Å². The molecule has 5 aromatic rings. The van der Waals surface area contributed by atoms with E-state index in [0.29, 0.717) is 24.2 Å². The molecule has 2 N–H and O–H groups in total. The summed E-state index contributed by atoms with van der Waals surface area (Å²) in [5.74, 6) is -0.377. The Morgan fingerprint density at radius 2 is 1.87 bits per heavy atom. The number of rotatable bonds is 10. The summed E-state index contributed by atoms with van der Waals surface area (Å²) in [4.78, 5) is 29.6. The van der Waals surface area contributed by atoms with Gasteiger partial charge in [0.25, 0.3) is 5.56 Å². The minimum absolute atomic E-state index is 0.00662. The van der Waals surface area contributed by atoms with Crippen molar-refractivity contribution in [2.75, 3.05) is 0 Å². The second kappa shape index (κ2) is 11.0. The fourth-order valence-corrected chi connectivity index (χ4v) is 4.44. The molecule has 0 radical (unpaired) electrons. The Labute approximate surface area is 218 Å². The van der Waals surface area contributed by atoms with Crippen LogP contribution in [-0.2, 0) is 19.4 Å². The normalized spacial score (nSPS) is 11.1. The van der Waals surface area contributed by atoms with Crippen LogP contribution in [-0.4, -0.2) is 41.3 Å². The number of tetrazole rings is 1. The van der Waals surface area contributed by atoms with Gasteiger partial charge in [0.15, 0.2) is 0 Å². The van der Waals surface area contributed by atoms with Gasteiger partial charge in [0, 0.05) is 17.5 Å². The van der Waals surface area contributed by atoms with Crippen LogP contribution in [0.4, 0.5) is 0 Å². The summed E-state index contributed by atoms with van der Waals surface area (Å²) in [5.41, 5.74) is 4.98. The number of hydrogen-bond donors (Lipinski definition) is 2. The number of carboxylic acid groups (broad SMARTS) is 1. The number of aryl methyl sites for hydroxylation is 1. The Hall–Kier alpha value is -4.86. The van der Waals surface area contributed by atoms with Crippen LogP contribution in [0.5, 0.6) is 0 Å². The Morgan fingerprint density at radius 3 is 2.58 bits per heavy atom. The minimum Gasteiger partial charge on any atom is -0.478 e. The molecule has 10 heteroatoms. The molecule has 5 rings (SSSR count). The van der Waals surface area contributed by atoms with Crippen LogP contribution in [0.2, 0.25) is 0 Å². The van der Waals surface area contributed by atoms with E-state index in [0.717, 1.165) is 40.8 Å². The number of aromatic carboxylic acids is 1. The minimum atomic E-state index is -1.10.